The predicted octanol–water partition coefficient (Wildman–Crippen LogP) is 4.59. The third-order valence-electron chi connectivity index (χ3n) is 4.31. The molecule has 3 rings (SSSR count). The zero-order valence-electron chi connectivity index (χ0n) is 17.0. The van der Waals surface area contributed by atoms with Gasteiger partial charge in [-0.1, -0.05) is 42.5 Å². The van der Waals surface area contributed by atoms with Crippen molar-refractivity contribution in [2.75, 3.05) is 19.8 Å². The predicted molar refractivity (Wildman–Crippen MR) is 120 cm³/mol. The van der Waals surface area contributed by atoms with Crippen molar-refractivity contribution in [1.29, 1.82) is 0 Å². The number of para-hydroxylation sites is 1. The second kappa shape index (κ2) is 10.5. The molecule has 0 heterocycles. The topological polar surface area (TPSA) is 58.6 Å². The molecule has 0 aromatic heterocycles. The Hall–Kier alpha value is -3.25. The normalized spacial score (nSPS) is 10.3. The number of amides is 2. The van der Waals surface area contributed by atoms with E-state index in [1.807, 2.05) is 72.8 Å². The Kier molecular flexibility index (Phi) is 7.51. The van der Waals surface area contributed by atoms with Gasteiger partial charge in [0.05, 0.1) is 11.3 Å². The van der Waals surface area contributed by atoms with Crippen LogP contribution in [0.15, 0.2) is 83.8 Å². The van der Waals surface area contributed by atoms with Crippen molar-refractivity contribution in [3.63, 3.8) is 0 Å². The van der Waals surface area contributed by atoms with Gasteiger partial charge >= 0.3 is 0 Å². The number of carbonyl (C=O) groups excluding carboxylic acids is 2. The van der Waals surface area contributed by atoms with E-state index >= 15 is 0 Å². The molecule has 0 unspecified atom stereocenters. The van der Waals surface area contributed by atoms with Crippen LogP contribution in [0.5, 0.6) is 11.5 Å². The van der Waals surface area contributed by atoms with Crippen molar-refractivity contribution >= 4 is 23.6 Å². The lowest BCUT2D eigenvalue weighted by Gasteiger charge is -2.12. The highest BCUT2D eigenvalue weighted by atomic mass is 32.2. The summed E-state index contributed by atoms with van der Waals surface area (Å²) in [5, 5.41) is 2.95. The molecule has 0 fully saturated rings. The quantitative estimate of drug-likeness (QED) is 0.542. The SMILES string of the molecule is CN(C)C(=O)CSc1ccccc1C(=O)NCc1cccc(Oc2ccccc2)c1. The second-order valence-electron chi connectivity index (χ2n) is 6.82. The Morgan fingerprint density at radius 2 is 1.60 bits per heavy atom. The lowest BCUT2D eigenvalue weighted by molar-refractivity contribution is -0.125. The molecule has 5 nitrogen and oxygen atoms in total. The standard InChI is InChI=1S/C24H24N2O3S/c1-26(2)23(27)17-30-22-14-7-6-13-21(22)24(28)25-16-18-9-8-12-20(15-18)29-19-10-4-3-5-11-19/h3-15H,16-17H2,1-2H3,(H,25,28). The molecule has 0 atom stereocenters. The van der Waals surface area contributed by atoms with Gasteiger partial charge in [-0.3, -0.25) is 9.59 Å². The maximum Gasteiger partial charge on any atom is 0.252 e. The number of nitrogens with one attached hydrogen (secondary N) is 1. The van der Waals surface area contributed by atoms with Crippen LogP contribution in [0.25, 0.3) is 0 Å². The van der Waals surface area contributed by atoms with E-state index in [4.69, 9.17) is 4.74 Å². The van der Waals surface area contributed by atoms with Crippen LogP contribution in [0.4, 0.5) is 0 Å². The van der Waals surface area contributed by atoms with Gasteiger partial charge in [0.1, 0.15) is 11.5 Å². The fourth-order valence-corrected chi connectivity index (χ4v) is 3.70. The zero-order valence-corrected chi connectivity index (χ0v) is 17.8. The summed E-state index contributed by atoms with van der Waals surface area (Å²) >= 11 is 1.37. The van der Waals surface area contributed by atoms with Crippen molar-refractivity contribution < 1.29 is 14.3 Å². The van der Waals surface area contributed by atoms with Gasteiger partial charge in [0.2, 0.25) is 5.91 Å². The number of hydrogen-bond acceptors (Lipinski definition) is 4. The highest BCUT2D eigenvalue weighted by Gasteiger charge is 2.13. The smallest absolute Gasteiger partial charge is 0.252 e. The molecule has 0 saturated carbocycles. The van der Waals surface area contributed by atoms with Crippen molar-refractivity contribution in [2.45, 2.75) is 11.4 Å². The Morgan fingerprint density at radius 1 is 0.900 bits per heavy atom. The molecule has 2 amide bonds. The summed E-state index contributed by atoms with van der Waals surface area (Å²) in [4.78, 5) is 26.9. The maximum absolute atomic E-state index is 12.7. The first-order valence-electron chi connectivity index (χ1n) is 9.55. The van der Waals surface area contributed by atoms with Crippen LogP contribution in [0.2, 0.25) is 0 Å². The van der Waals surface area contributed by atoms with Crippen LogP contribution >= 0.6 is 11.8 Å². The summed E-state index contributed by atoms with van der Waals surface area (Å²) in [6, 6.07) is 24.5. The minimum absolute atomic E-state index is 0.00504. The molecule has 0 bridgehead atoms. The Balaban J connectivity index is 1.62. The summed E-state index contributed by atoms with van der Waals surface area (Å²) in [5.74, 6) is 1.59. The van der Waals surface area contributed by atoms with Crippen molar-refractivity contribution in [3.05, 3.63) is 90.0 Å². The molecule has 3 aromatic rings. The minimum Gasteiger partial charge on any atom is -0.457 e. The monoisotopic (exact) mass is 420 g/mol. The van der Waals surface area contributed by atoms with Crippen molar-refractivity contribution in [2.24, 2.45) is 0 Å². The van der Waals surface area contributed by atoms with Gasteiger partial charge < -0.3 is 15.0 Å². The number of thioether (sulfide) groups is 1. The van der Waals surface area contributed by atoms with Crippen LogP contribution < -0.4 is 10.1 Å². The molecule has 1 N–H and O–H groups in total. The number of carbonyl (C=O) groups is 2. The highest BCUT2D eigenvalue weighted by molar-refractivity contribution is 8.00. The van der Waals surface area contributed by atoms with E-state index in [1.54, 1.807) is 25.1 Å². The van der Waals surface area contributed by atoms with E-state index in [1.165, 1.54) is 11.8 Å². The summed E-state index contributed by atoms with van der Waals surface area (Å²) in [6.07, 6.45) is 0. The molecular formula is C24H24N2O3S. The summed E-state index contributed by atoms with van der Waals surface area (Å²) in [6.45, 7) is 0.375. The van der Waals surface area contributed by atoms with E-state index in [0.717, 1.165) is 16.2 Å². The van der Waals surface area contributed by atoms with Gasteiger partial charge in [-0.25, -0.2) is 0 Å². The molecule has 6 heteroatoms. The van der Waals surface area contributed by atoms with Gasteiger partial charge in [-0.15, -0.1) is 11.8 Å². The first-order valence-corrected chi connectivity index (χ1v) is 10.5. The van der Waals surface area contributed by atoms with Crippen LogP contribution in [-0.4, -0.2) is 36.6 Å². The lowest BCUT2D eigenvalue weighted by atomic mass is 10.2. The largest absolute Gasteiger partial charge is 0.457 e. The van der Waals surface area contributed by atoms with Gasteiger partial charge in [0.15, 0.2) is 0 Å². The molecule has 0 spiro atoms. The molecule has 0 aliphatic heterocycles. The van der Waals surface area contributed by atoms with Crippen LogP contribution in [0, 0.1) is 0 Å². The minimum atomic E-state index is -0.176. The molecular weight excluding hydrogens is 396 g/mol. The van der Waals surface area contributed by atoms with E-state index in [9.17, 15) is 9.59 Å². The second-order valence-corrected chi connectivity index (χ2v) is 7.84. The van der Waals surface area contributed by atoms with Gasteiger partial charge in [-0.05, 0) is 42.0 Å². The highest BCUT2D eigenvalue weighted by Crippen LogP contribution is 2.24. The van der Waals surface area contributed by atoms with E-state index in [2.05, 4.69) is 5.32 Å². The first kappa shape index (κ1) is 21.5. The maximum atomic E-state index is 12.7. The van der Waals surface area contributed by atoms with Gasteiger partial charge in [0.25, 0.3) is 5.91 Å². The summed E-state index contributed by atoms with van der Waals surface area (Å²) < 4.78 is 5.85. The van der Waals surface area contributed by atoms with E-state index in [0.29, 0.717) is 17.9 Å². The van der Waals surface area contributed by atoms with Crippen LogP contribution in [0.3, 0.4) is 0 Å². The number of nitrogens with zero attached hydrogens (tertiary/aromatic N) is 1. The third kappa shape index (κ3) is 6.12. The number of ether oxygens (including phenoxy) is 1. The van der Waals surface area contributed by atoms with Gasteiger partial charge in [-0.2, -0.15) is 0 Å². The van der Waals surface area contributed by atoms with Crippen LogP contribution in [0.1, 0.15) is 15.9 Å². The Labute approximate surface area is 181 Å². The number of benzene rings is 3. The molecule has 0 saturated heterocycles. The molecule has 0 radical (unpaired) electrons. The average Bonchev–Trinajstić information content (AvgIpc) is 2.77. The van der Waals surface area contributed by atoms with Crippen molar-refractivity contribution in [3.8, 4) is 11.5 Å². The summed E-state index contributed by atoms with van der Waals surface area (Å²) in [7, 11) is 3.44. The Morgan fingerprint density at radius 3 is 2.37 bits per heavy atom. The zero-order chi connectivity index (χ0) is 21.3. The fourth-order valence-electron chi connectivity index (χ4n) is 2.67. The molecule has 3 aromatic carbocycles. The van der Waals surface area contributed by atoms with E-state index < -0.39 is 0 Å². The molecule has 154 valence electrons. The van der Waals surface area contributed by atoms with Gasteiger partial charge in [0, 0.05) is 25.5 Å². The molecule has 0 aliphatic carbocycles. The van der Waals surface area contributed by atoms with Crippen LogP contribution in [-0.2, 0) is 11.3 Å². The number of rotatable bonds is 8. The molecule has 0 aliphatic rings. The Bertz CT molecular complexity index is 1010. The summed E-state index contributed by atoms with van der Waals surface area (Å²) in [5.41, 5.74) is 1.50. The fraction of sp³-hybridized carbons (Fsp3) is 0.167. The average molecular weight is 421 g/mol. The third-order valence-corrected chi connectivity index (χ3v) is 5.37. The molecule has 30 heavy (non-hydrogen) atoms. The van der Waals surface area contributed by atoms with E-state index in [-0.39, 0.29) is 17.6 Å². The van der Waals surface area contributed by atoms with Crippen molar-refractivity contribution in [1.82, 2.24) is 10.2 Å². The first-order chi connectivity index (χ1) is 14.5. The number of hydrogen-bond donors (Lipinski definition) is 1. The lowest BCUT2D eigenvalue weighted by Crippen LogP contribution is -2.25.